The molecule has 0 saturated heterocycles. The molecule has 1 atom stereocenters. The highest BCUT2D eigenvalue weighted by atomic mass is 16.4. The number of aromatic amines is 1. The van der Waals surface area contributed by atoms with E-state index < -0.39 is 5.97 Å². The summed E-state index contributed by atoms with van der Waals surface area (Å²) in [5, 5.41) is 8.18. The van der Waals surface area contributed by atoms with Crippen LogP contribution in [0.15, 0.2) is 18.5 Å². The third kappa shape index (κ3) is 5.96. The molecular formula is C10H17NO2. The van der Waals surface area contributed by atoms with Gasteiger partial charge in [-0.1, -0.05) is 13.8 Å². The first kappa shape index (κ1) is 11.8. The van der Waals surface area contributed by atoms with Gasteiger partial charge in [0.2, 0.25) is 0 Å². The lowest BCUT2D eigenvalue weighted by molar-refractivity contribution is -0.141. The van der Waals surface area contributed by atoms with Crippen LogP contribution in [0.3, 0.4) is 0 Å². The zero-order valence-electron chi connectivity index (χ0n) is 8.37. The first-order chi connectivity index (χ1) is 6.07. The van der Waals surface area contributed by atoms with Gasteiger partial charge >= 0.3 is 5.97 Å². The number of carboxylic acid groups (broad SMARTS) is 1. The summed E-state index contributed by atoms with van der Waals surface area (Å²) in [5.74, 6) is -0.887. The quantitative estimate of drug-likeness (QED) is 0.739. The maximum Gasteiger partial charge on any atom is 0.306 e. The summed E-state index contributed by atoms with van der Waals surface area (Å²) in [5.41, 5.74) is 1.29. The van der Waals surface area contributed by atoms with Gasteiger partial charge in [0.1, 0.15) is 0 Å². The van der Waals surface area contributed by atoms with Crippen LogP contribution in [0.2, 0.25) is 0 Å². The topological polar surface area (TPSA) is 53.1 Å². The molecule has 0 spiro atoms. The number of hydrogen-bond acceptors (Lipinski definition) is 1. The Morgan fingerprint density at radius 2 is 2.31 bits per heavy atom. The SMILES string of the molecule is CCC(C)C(=O)O.Cc1cc[nH]c1. The molecule has 0 radical (unpaired) electrons. The van der Waals surface area contributed by atoms with Gasteiger partial charge in [-0.15, -0.1) is 0 Å². The Labute approximate surface area is 78.8 Å². The first-order valence-corrected chi connectivity index (χ1v) is 4.40. The average molecular weight is 183 g/mol. The van der Waals surface area contributed by atoms with Gasteiger partial charge in [-0.05, 0) is 25.0 Å². The molecule has 1 aromatic rings. The van der Waals surface area contributed by atoms with Gasteiger partial charge in [0, 0.05) is 12.4 Å². The number of nitrogens with one attached hydrogen (secondary N) is 1. The lowest BCUT2D eigenvalue weighted by atomic mass is 10.1. The lowest BCUT2D eigenvalue weighted by Gasteiger charge is -1.96. The zero-order chi connectivity index (χ0) is 10.3. The monoisotopic (exact) mass is 183 g/mol. The summed E-state index contributed by atoms with van der Waals surface area (Å²) >= 11 is 0. The highest BCUT2D eigenvalue weighted by Gasteiger charge is 2.05. The van der Waals surface area contributed by atoms with Crippen LogP contribution in [0.25, 0.3) is 0 Å². The summed E-state index contributed by atoms with van der Waals surface area (Å²) in [6.45, 7) is 5.61. The Bertz CT molecular complexity index is 229. The second kappa shape index (κ2) is 6.29. The molecule has 0 fully saturated rings. The minimum atomic E-state index is -0.706. The first-order valence-electron chi connectivity index (χ1n) is 4.40. The molecular weight excluding hydrogens is 166 g/mol. The second-order valence-corrected chi connectivity index (χ2v) is 3.04. The third-order valence-corrected chi connectivity index (χ3v) is 1.79. The Hall–Kier alpha value is -1.25. The standard InChI is InChI=1S/C5H7N.C5H10O2/c1-5-2-3-6-4-5;1-3-4(2)5(6)7/h2-4,6H,1H3;4H,3H2,1-2H3,(H,6,7). The van der Waals surface area contributed by atoms with E-state index in [1.807, 2.05) is 25.4 Å². The van der Waals surface area contributed by atoms with Crippen molar-refractivity contribution in [2.45, 2.75) is 27.2 Å². The Morgan fingerprint density at radius 1 is 1.69 bits per heavy atom. The number of hydrogen-bond donors (Lipinski definition) is 2. The van der Waals surface area contributed by atoms with Crippen molar-refractivity contribution in [2.75, 3.05) is 0 Å². The molecule has 0 bridgehead atoms. The Balaban J connectivity index is 0.000000223. The number of carboxylic acids is 1. The van der Waals surface area contributed by atoms with E-state index in [9.17, 15) is 4.79 Å². The number of H-pyrrole nitrogens is 1. The summed E-state index contributed by atoms with van der Waals surface area (Å²) in [7, 11) is 0. The number of carbonyl (C=O) groups is 1. The van der Waals surface area contributed by atoms with E-state index in [1.54, 1.807) is 6.92 Å². The van der Waals surface area contributed by atoms with E-state index in [-0.39, 0.29) is 5.92 Å². The van der Waals surface area contributed by atoms with Gasteiger partial charge in [0.25, 0.3) is 0 Å². The predicted octanol–water partition coefficient (Wildman–Crippen LogP) is 2.44. The molecule has 0 aliphatic carbocycles. The fraction of sp³-hybridized carbons (Fsp3) is 0.500. The number of aliphatic carboxylic acids is 1. The molecule has 0 saturated carbocycles. The molecule has 3 heteroatoms. The van der Waals surface area contributed by atoms with E-state index in [2.05, 4.69) is 11.9 Å². The van der Waals surface area contributed by atoms with E-state index in [0.29, 0.717) is 0 Å². The second-order valence-electron chi connectivity index (χ2n) is 3.04. The van der Waals surface area contributed by atoms with E-state index in [1.165, 1.54) is 5.56 Å². The summed E-state index contributed by atoms with van der Waals surface area (Å²) in [6.07, 6.45) is 4.59. The third-order valence-electron chi connectivity index (χ3n) is 1.79. The van der Waals surface area contributed by atoms with E-state index in [4.69, 9.17) is 5.11 Å². The van der Waals surface area contributed by atoms with Gasteiger partial charge in [0.15, 0.2) is 0 Å². The van der Waals surface area contributed by atoms with Gasteiger partial charge in [-0.25, -0.2) is 0 Å². The highest BCUT2D eigenvalue weighted by Crippen LogP contribution is 1.97. The smallest absolute Gasteiger partial charge is 0.306 e. The summed E-state index contributed by atoms with van der Waals surface area (Å²) in [4.78, 5) is 12.9. The fourth-order valence-electron chi connectivity index (χ4n) is 0.582. The molecule has 1 rings (SSSR count). The molecule has 0 aromatic carbocycles. The van der Waals surface area contributed by atoms with Gasteiger partial charge in [0.05, 0.1) is 5.92 Å². The van der Waals surface area contributed by atoms with Crippen molar-refractivity contribution >= 4 is 5.97 Å². The predicted molar refractivity (Wildman–Crippen MR) is 52.6 cm³/mol. The molecule has 2 N–H and O–H groups in total. The van der Waals surface area contributed by atoms with Crippen molar-refractivity contribution < 1.29 is 9.90 Å². The number of aromatic nitrogens is 1. The largest absolute Gasteiger partial charge is 0.481 e. The van der Waals surface area contributed by atoms with E-state index in [0.717, 1.165) is 6.42 Å². The average Bonchev–Trinajstić information content (AvgIpc) is 2.55. The molecule has 74 valence electrons. The molecule has 13 heavy (non-hydrogen) atoms. The Morgan fingerprint density at radius 3 is 2.38 bits per heavy atom. The van der Waals surface area contributed by atoms with Crippen LogP contribution in [-0.4, -0.2) is 16.1 Å². The summed E-state index contributed by atoms with van der Waals surface area (Å²) < 4.78 is 0. The molecule has 0 aliphatic heterocycles. The Kier molecular flexibility index (Phi) is 5.68. The number of rotatable bonds is 2. The molecule has 1 aromatic heterocycles. The van der Waals surface area contributed by atoms with Crippen molar-refractivity contribution in [3.63, 3.8) is 0 Å². The molecule has 1 unspecified atom stereocenters. The maximum absolute atomic E-state index is 9.93. The van der Waals surface area contributed by atoms with E-state index >= 15 is 0 Å². The van der Waals surface area contributed by atoms with Crippen LogP contribution < -0.4 is 0 Å². The minimum Gasteiger partial charge on any atom is -0.481 e. The zero-order valence-corrected chi connectivity index (χ0v) is 8.37. The van der Waals surface area contributed by atoms with Gasteiger partial charge < -0.3 is 10.1 Å². The minimum absolute atomic E-state index is 0.181. The normalized spacial score (nSPS) is 11.3. The molecule has 0 aliphatic rings. The van der Waals surface area contributed by atoms with Crippen molar-refractivity contribution in [2.24, 2.45) is 5.92 Å². The van der Waals surface area contributed by atoms with Crippen molar-refractivity contribution in [1.29, 1.82) is 0 Å². The molecule has 0 amide bonds. The van der Waals surface area contributed by atoms with Crippen LogP contribution in [-0.2, 0) is 4.79 Å². The van der Waals surface area contributed by atoms with Crippen molar-refractivity contribution in [1.82, 2.24) is 4.98 Å². The molecule has 3 nitrogen and oxygen atoms in total. The van der Waals surface area contributed by atoms with Crippen LogP contribution in [0.5, 0.6) is 0 Å². The lowest BCUT2D eigenvalue weighted by Crippen LogP contribution is -2.06. The van der Waals surface area contributed by atoms with Crippen molar-refractivity contribution in [3.8, 4) is 0 Å². The fourth-order valence-corrected chi connectivity index (χ4v) is 0.582. The molecule has 1 heterocycles. The number of aryl methyl sites for hydroxylation is 1. The van der Waals surface area contributed by atoms with Gasteiger partial charge in [-0.3, -0.25) is 4.79 Å². The highest BCUT2D eigenvalue weighted by molar-refractivity contribution is 5.69. The van der Waals surface area contributed by atoms with Crippen molar-refractivity contribution in [3.05, 3.63) is 24.0 Å². The van der Waals surface area contributed by atoms with Crippen LogP contribution in [0.4, 0.5) is 0 Å². The van der Waals surface area contributed by atoms with Crippen LogP contribution in [0, 0.1) is 12.8 Å². The van der Waals surface area contributed by atoms with Crippen LogP contribution >= 0.6 is 0 Å². The van der Waals surface area contributed by atoms with Crippen LogP contribution in [0.1, 0.15) is 25.8 Å². The maximum atomic E-state index is 9.93. The summed E-state index contributed by atoms with van der Waals surface area (Å²) in [6, 6.07) is 2.03. The van der Waals surface area contributed by atoms with Gasteiger partial charge in [-0.2, -0.15) is 0 Å².